The zero-order chi connectivity index (χ0) is 22.3. The Balaban J connectivity index is 1.70. The fraction of sp³-hybridized carbons (Fsp3) is 0.333. The predicted octanol–water partition coefficient (Wildman–Crippen LogP) is 3.89. The van der Waals surface area contributed by atoms with Gasteiger partial charge in [-0.3, -0.25) is 4.79 Å². The largest absolute Gasteiger partial charge is 0.348 e. The van der Waals surface area contributed by atoms with Crippen LogP contribution in [0.5, 0.6) is 0 Å². The molecule has 0 radical (unpaired) electrons. The molecule has 0 bridgehead atoms. The van der Waals surface area contributed by atoms with Crippen molar-refractivity contribution in [3.05, 3.63) is 90.0 Å². The van der Waals surface area contributed by atoms with Crippen LogP contribution in [0.1, 0.15) is 49.7 Å². The molecule has 31 heavy (non-hydrogen) atoms. The van der Waals surface area contributed by atoms with Crippen molar-refractivity contribution in [3.63, 3.8) is 0 Å². The molecule has 2 aromatic carbocycles. The first kappa shape index (κ1) is 22.7. The normalized spacial score (nSPS) is 13.5. The van der Waals surface area contributed by atoms with Crippen LogP contribution in [0.4, 0.5) is 0 Å². The Morgan fingerprint density at radius 2 is 1.71 bits per heavy atom. The first-order chi connectivity index (χ1) is 14.9. The topological polar surface area (TPSA) is 81.1 Å². The summed E-state index contributed by atoms with van der Waals surface area (Å²) >= 11 is 0. The average molecular weight is 440 g/mol. The molecule has 0 aliphatic carbocycles. The summed E-state index contributed by atoms with van der Waals surface area (Å²) in [6.45, 7) is 4.01. The molecule has 3 aromatic rings. The van der Waals surface area contributed by atoms with E-state index in [0.717, 1.165) is 24.0 Å². The summed E-state index contributed by atoms with van der Waals surface area (Å²) in [6.07, 6.45) is 4.96. The molecule has 0 saturated heterocycles. The minimum Gasteiger partial charge on any atom is -0.348 e. The van der Waals surface area contributed by atoms with Crippen molar-refractivity contribution in [3.8, 4) is 0 Å². The molecule has 0 aliphatic rings. The van der Waals surface area contributed by atoms with Crippen LogP contribution in [0.15, 0.2) is 73.1 Å². The van der Waals surface area contributed by atoms with Gasteiger partial charge in [0.25, 0.3) is 0 Å². The van der Waals surface area contributed by atoms with Gasteiger partial charge in [-0.05, 0) is 24.5 Å². The zero-order valence-corrected chi connectivity index (χ0v) is 18.8. The molecule has 1 N–H and O–H groups in total. The lowest BCUT2D eigenvalue weighted by Gasteiger charge is -2.21. The fourth-order valence-electron chi connectivity index (χ4n) is 3.46. The van der Waals surface area contributed by atoms with Gasteiger partial charge in [0.05, 0.1) is 6.04 Å². The van der Waals surface area contributed by atoms with Crippen molar-refractivity contribution in [2.45, 2.75) is 50.3 Å². The van der Waals surface area contributed by atoms with Gasteiger partial charge in [-0.15, -0.1) is 0 Å². The Labute approximate surface area is 184 Å². The van der Waals surface area contributed by atoms with E-state index >= 15 is 0 Å². The monoisotopic (exact) mass is 439 g/mol. The number of aromatic nitrogens is 2. The smallest absolute Gasteiger partial charge is 0.238 e. The Morgan fingerprint density at radius 1 is 1.06 bits per heavy atom. The lowest BCUT2D eigenvalue weighted by molar-refractivity contribution is -0.121. The maximum Gasteiger partial charge on any atom is 0.238 e. The van der Waals surface area contributed by atoms with Crippen molar-refractivity contribution < 1.29 is 13.2 Å². The van der Waals surface area contributed by atoms with Gasteiger partial charge >= 0.3 is 0 Å². The molecule has 0 spiro atoms. The first-order valence-electron chi connectivity index (χ1n) is 10.5. The third-order valence-corrected chi connectivity index (χ3v) is 7.28. The molecule has 1 aromatic heterocycles. The lowest BCUT2D eigenvalue weighted by Crippen LogP contribution is -2.40. The van der Waals surface area contributed by atoms with E-state index in [0.29, 0.717) is 12.4 Å². The van der Waals surface area contributed by atoms with Crippen LogP contribution in [0.3, 0.4) is 0 Å². The van der Waals surface area contributed by atoms with Crippen LogP contribution in [0, 0.1) is 0 Å². The summed E-state index contributed by atoms with van der Waals surface area (Å²) in [5, 5.41) is 1.76. The number of benzene rings is 2. The highest BCUT2D eigenvalue weighted by molar-refractivity contribution is 7.92. The van der Waals surface area contributed by atoms with Crippen LogP contribution in [0.25, 0.3) is 0 Å². The maximum absolute atomic E-state index is 13.0. The van der Waals surface area contributed by atoms with Crippen LogP contribution < -0.4 is 5.32 Å². The summed E-state index contributed by atoms with van der Waals surface area (Å²) in [7, 11) is -3.74. The van der Waals surface area contributed by atoms with E-state index in [1.165, 1.54) is 6.92 Å². The van der Waals surface area contributed by atoms with Crippen LogP contribution >= 0.6 is 0 Å². The third-order valence-electron chi connectivity index (χ3n) is 5.33. The minimum atomic E-state index is -3.74. The quantitative estimate of drug-likeness (QED) is 0.520. The molecule has 1 amide bonds. The number of imidazole rings is 1. The van der Waals surface area contributed by atoms with Gasteiger partial charge in [0.2, 0.25) is 5.91 Å². The number of rotatable bonds is 10. The SMILES string of the molecule is CCCC(NC(=O)C(C)S(=O)(=O)Cc1nccn1Cc1ccccc1)c1ccccc1. The van der Waals surface area contributed by atoms with Gasteiger partial charge in [0, 0.05) is 18.9 Å². The Hall–Kier alpha value is -2.93. The van der Waals surface area contributed by atoms with E-state index in [2.05, 4.69) is 10.3 Å². The van der Waals surface area contributed by atoms with Gasteiger partial charge in [0.15, 0.2) is 9.84 Å². The molecule has 7 heteroatoms. The van der Waals surface area contributed by atoms with Crippen molar-refractivity contribution in [1.82, 2.24) is 14.9 Å². The van der Waals surface area contributed by atoms with E-state index in [4.69, 9.17) is 0 Å². The molecule has 3 rings (SSSR count). The van der Waals surface area contributed by atoms with E-state index in [1.54, 1.807) is 17.0 Å². The van der Waals surface area contributed by atoms with E-state index in [-0.39, 0.29) is 11.8 Å². The maximum atomic E-state index is 13.0. The predicted molar refractivity (Wildman–Crippen MR) is 122 cm³/mol. The Bertz CT molecular complexity index is 1080. The minimum absolute atomic E-state index is 0.212. The summed E-state index contributed by atoms with van der Waals surface area (Å²) in [5.74, 6) is -0.342. The lowest BCUT2D eigenvalue weighted by atomic mass is 10.0. The molecule has 164 valence electrons. The van der Waals surface area contributed by atoms with Crippen molar-refractivity contribution in [2.75, 3.05) is 0 Å². The van der Waals surface area contributed by atoms with Gasteiger partial charge in [-0.1, -0.05) is 74.0 Å². The number of hydrogen-bond donors (Lipinski definition) is 1. The summed E-state index contributed by atoms with van der Waals surface area (Å²) in [6, 6.07) is 19.2. The highest BCUT2D eigenvalue weighted by Gasteiger charge is 2.31. The first-order valence-corrected chi connectivity index (χ1v) is 12.2. The number of amides is 1. The van der Waals surface area contributed by atoms with Gasteiger partial charge in [0.1, 0.15) is 16.8 Å². The Morgan fingerprint density at radius 3 is 2.35 bits per heavy atom. The Kier molecular flexibility index (Phi) is 7.63. The molecule has 6 nitrogen and oxygen atoms in total. The van der Waals surface area contributed by atoms with E-state index < -0.39 is 21.0 Å². The second kappa shape index (κ2) is 10.4. The summed E-state index contributed by atoms with van der Waals surface area (Å²) in [5.41, 5.74) is 2.02. The fourth-order valence-corrected chi connectivity index (χ4v) is 4.70. The molecule has 0 fully saturated rings. The molecule has 1 heterocycles. The zero-order valence-electron chi connectivity index (χ0n) is 17.9. The number of sulfone groups is 1. The second-order valence-corrected chi connectivity index (χ2v) is 9.99. The number of nitrogens with zero attached hydrogens (tertiary/aromatic N) is 2. The second-order valence-electron chi connectivity index (χ2n) is 7.67. The van der Waals surface area contributed by atoms with Crippen molar-refractivity contribution in [2.24, 2.45) is 0 Å². The van der Waals surface area contributed by atoms with Crippen LogP contribution in [-0.4, -0.2) is 29.1 Å². The highest BCUT2D eigenvalue weighted by atomic mass is 32.2. The van der Waals surface area contributed by atoms with Gasteiger partial charge in [-0.2, -0.15) is 0 Å². The molecular weight excluding hydrogens is 410 g/mol. The summed E-state index contributed by atoms with van der Waals surface area (Å²) < 4.78 is 27.8. The summed E-state index contributed by atoms with van der Waals surface area (Å²) in [4.78, 5) is 17.1. The van der Waals surface area contributed by atoms with Crippen LogP contribution in [-0.2, 0) is 26.9 Å². The molecular formula is C24H29N3O3S. The number of hydrogen-bond acceptors (Lipinski definition) is 4. The third kappa shape index (κ3) is 6.04. The number of nitrogens with one attached hydrogen (secondary N) is 1. The average Bonchev–Trinajstić information content (AvgIpc) is 3.19. The molecule has 2 unspecified atom stereocenters. The molecule has 2 atom stereocenters. The number of carbonyl (C=O) groups is 1. The van der Waals surface area contributed by atoms with E-state index in [9.17, 15) is 13.2 Å². The molecule has 0 saturated carbocycles. The standard InChI is InChI=1S/C24H29N3O3S/c1-3-10-22(21-13-8-5-9-14-21)26-24(28)19(2)31(29,30)18-23-25-15-16-27(23)17-20-11-6-4-7-12-20/h4-9,11-16,19,22H,3,10,17-18H2,1-2H3,(H,26,28). The van der Waals surface area contributed by atoms with Gasteiger partial charge in [-0.25, -0.2) is 13.4 Å². The number of carbonyl (C=O) groups excluding carboxylic acids is 1. The van der Waals surface area contributed by atoms with E-state index in [1.807, 2.05) is 67.6 Å². The van der Waals surface area contributed by atoms with Gasteiger partial charge < -0.3 is 9.88 Å². The molecule has 0 aliphatic heterocycles. The van der Waals surface area contributed by atoms with Crippen molar-refractivity contribution in [1.29, 1.82) is 0 Å². The van der Waals surface area contributed by atoms with Crippen LogP contribution in [0.2, 0.25) is 0 Å². The highest BCUT2D eigenvalue weighted by Crippen LogP contribution is 2.20. The van der Waals surface area contributed by atoms with Crippen molar-refractivity contribution >= 4 is 15.7 Å².